The second kappa shape index (κ2) is 7.70. The van der Waals surface area contributed by atoms with E-state index in [2.05, 4.69) is 10.4 Å². The fraction of sp³-hybridized carbons (Fsp3) is 0.0952. The van der Waals surface area contributed by atoms with Crippen LogP contribution in [0.3, 0.4) is 0 Å². The Morgan fingerprint density at radius 3 is 2.57 bits per heavy atom. The first-order chi connectivity index (χ1) is 13.6. The topological polar surface area (TPSA) is 68.4 Å². The number of rotatable bonds is 5. The van der Waals surface area contributed by atoms with E-state index in [9.17, 15) is 9.59 Å². The molecule has 2 aromatic carbocycles. The molecular formula is C21H17ClN4O2. The van der Waals surface area contributed by atoms with Gasteiger partial charge in [0.15, 0.2) is 0 Å². The molecule has 1 N–H and O–H groups in total. The summed E-state index contributed by atoms with van der Waals surface area (Å²) in [4.78, 5) is 25.0. The van der Waals surface area contributed by atoms with E-state index >= 15 is 0 Å². The van der Waals surface area contributed by atoms with Crippen LogP contribution in [0.4, 0.5) is 0 Å². The predicted molar refractivity (Wildman–Crippen MR) is 108 cm³/mol. The van der Waals surface area contributed by atoms with E-state index in [1.807, 2.05) is 48.5 Å². The predicted octanol–water partition coefficient (Wildman–Crippen LogP) is 3.13. The highest BCUT2D eigenvalue weighted by atomic mass is 35.5. The van der Waals surface area contributed by atoms with E-state index in [0.717, 1.165) is 11.1 Å². The molecule has 1 amide bonds. The number of hydrogen-bond acceptors (Lipinski definition) is 3. The van der Waals surface area contributed by atoms with Crippen molar-refractivity contribution < 1.29 is 4.79 Å². The van der Waals surface area contributed by atoms with Crippen LogP contribution >= 0.6 is 11.6 Å². The zero-order chi connectivity index (χ0) is 19.5. The lowest BCUT2D eigenvalue weighted by Crippen LogP contribution is -2.32. The summed E-state index contributed by atoms with van der Waals surface area (Å²) >= 11 is 6.10. The zero-order valence-electron chi connectivity index (χ0n) is 14.9. The Labute approximate surface area is 166 Å². The molecule has 0 saturated carbocycles. The SMILES string of the molecule is O=C(Cn1ccn2nc(-c3ccccc3)cc2c1=O)NCc1ccccc1Cl. The van der Waals surface area contributed by atoms with Gasteiger partial charge in [0.1, 0.15) is 12.1 Å². The molecular weight excluding hydrogens is 376 g/mol. The second-order valence-electron chi connectivity index (χ2n) is 6.32. The number of amides is 1. The minimum atomic E-state index is -0.273. The molecule has 0 aliphatic heterocycles. The molecule has 0 unspecified atom stereocenters. The van der Waals surface area contributed by atoms with Gasteiger partial charge in [-0.1, -0.05) is 60.1 Å². The number of nitrogens with one attached hydrogen (secondary N) is 1. The largest absolute Gasteiger partial charge is 0.350 e. The van der Waals surface area contributed by atoms with Crippen LogP contribution in [-0.4, -0.2) is 20.1 Å². The van der Waals surface area contributed by atoms with Crippen LogP contribution in [0.15, 0.2) is 77.9 Å². The lowest BCUT2D eigenvalue weighted by Gasteiger charge is -2.08. The van der Waals surface area contributed by atoms with Gasteiger partial charge in [-0.15, -0.1) is 0 Å². The molecule has 0 fully saturated rings. The number of carbonyl (C=O) groups excluding carboxylic acids is 1. The first-order valence-electron chi connectivity index (χ1n) is 8.76. The van der Waals surface area contributed by atoms with Crippen molar-refractivity contribution in [2.24, 2.45) is 0 Å². The van der Waals surface area contributed by atoms with Crippen molar-refractivity contribution in [2.45, 2.75) is 13.1 Å². The quantitative estimate of drug-likeness (QED) is 0.567. The normalized spacial score (nSPS) is 10.9. The first-order valence-corrected chi connectivity index (χ1v) is 9.14. The van der Waals surface area contributed by atoms with Crippen LogP contribution < -0.4 is 10.9 Å². The van der Waals surface area contributed by atoms with Gasteiger partial charge in [-0.25, -0.2) is 4.52 Å². The third-order valence-corrected chi connectivity index (χ3v) is 4.79. The van der Waals surface area contributed by atoms with Crippen molar-refractivity contribution in [1.29, 1.82) is 0 Å². The van der Waals surface area contributed by atoms with Crippen molar-refractivity contribution in [3.05, 3.63) is 94.0 Å². The van der Waals surface area contributed by atoms with E-state index in [0.29, 0.717) is 22.8 Å². The molecule has 4 aromatic rings. The lowest BCUT2D eigenvalue weighted by molar-refractivity contribution is -0.121. The molecule has 0 saturated heterocycles. The van der Waals surface area contributed by atoms with Crippen molar-refractivity contribution in [1.82, 2.24) is 19.5 Å². The minimum absolute atomic E-state index is 0.0777. The van der Waals surface area contributed by atoms with Gasteiger partial charge in [-0.05, 0) is 17.7 Å². The highest BCUT2D eigenvalue weighted by molar-refractivity contribution is 6.31. The molecule has 140 valence electrons. The summed E-state index contributed by atoms with van der Waals surface area (Å²) in [7, 11) is 0. The van der Waals surface area contributed by atoms with Gasteiger partial charge in [0, 0.05) is 29.5 Å². The van der Waals surface area contributed by atoms with Crippen LogP contribution in [0, 0.1) is 0 Å². The third-order valence-electron chi connectivity index (χ3n) is 4.42. The molecule has 2 aromatic heterocycles. The number of benzene rings is 2. The van der Waals surface area contributed by atoms with Gasteiger partial charge in [-0.2, -0.15) is 5.10 Å². The van der Waals surface area contributed by atoms with Crippen molar-refractivity contribution in [3.63, 3.8) is 0 Å². The molecule has 0 radical (unpaired) electrons. The summed E-state index contributed by atoms with van der Waals surface area (Å²) in [6, 6.07) is 18.7. The van der Waals surface area contributed by atoms with Crippen molar-refractivity contribution in [2.75, 3.05) is 0 Å². The van der Waals surface area contributed by atoms with Crippen LogP contribution in [0.2, 0.25) is 5.02 Å². The first kappa shape index (κ1) is 18.0. The molecule has 28 heavy (non-hydrogen) atoms. The Kier molecular flexibility index (Phi) is 4.95. The molecule has 0 aliphatic rings. The van der Waals surface area contributed by atoms with E-state index in [4.69, 9.17) is 11.6 Å². The van der Waals surface area contributed by atoms with Crippen molar-refractivity contribution >= 4 is 23.0 Å². The molecule has 0 atom stereocenters. The fourth-order valence-electron chi connectivity index (χ4n) is 2.95. The Morgan fingerprint density at radius 2 is 1.79 bits per heavy atom. The monoisotopic (exact) mass is 392 g/mol. The third kappa shape index (κ3) is 3.68. The van der Waals surface area contributed by atoms with Gasteiger partial charge in [0.05, 0.1) is 5.69 Å². The number of carbonyl (C=O) groups is 1. The van der Waals surface area contributed by atoms with E-state index in [-0.39, 0.29) is 18.0 Å². The number of hydrogen-bond donors (Lipinski definition) is 1. The summed E-state index contributed by atoms with van der Waals surface area (Å²) in [5.74, 6) is -0.269. The van der Waals surface area contributed by atoms with Crippen LogP contribution in [0.1, 0.15) is 5.56 Å². The fourth-order valence-corrected chi connectivity index (χ4v) is 3.15. The summed E-state index contributed by atoms with van der Waals surface area (Å²) in [6.07, 6.45) is 3.23. The van der Waals surface area contributed by atoms with Crippen LogP contribution in [0.25, 0.3) is 16.8 Å². The minimum Gasteiger partial charge on any atom is -0.350 e. The van der Waals surface area contributed by atoms with Crippen LogP contribution in [0.5, 0.6) is 0 Å². The van der Waals surface area contributed by atoms with E-state index < -0.39 is 0 Å². The number of halogens is 1. The maximum Gasteiger partial charge on any atom is 0.277 e. The Bertz CT molecular complexity index is 1200. The lowest BCUT2D eigenvalue weighted by atomic mass is 10.1. The highest BCUT2D eigenvalue weighted by Crippen LogP contribution is 2.17. The average Bonchev–Trinajstić information content (AvgIpc) is 3.15. The zero-order valence-corrected chi connectivity index (χ0v) is 15.6. The molecule has 2 heterocycles. The molecule has 7 heteroatoms. The number of fused-ring (bicyclic) bond motifs is 1. The molecule has 0 aliphatic carbocycles. The van der Waals surface area contributed by atoms with E-state index in [1.165, 1.54) is 9.08 Å². The molecule has 0 spiro atoms. The molecule has 6 nitrogen and oxygen atoms in total. The Morgan fingerprint density at radius 1 is 1.04 bits per heavy atom. The number of aromatic nitrogens is 3. The van der Waals surface area contributed by atoms with Gasteiger partial charge in [0.25, 0.3) is 5.56 Å². The Hall–Kier alpha value is -3.38. The smallest absolute Gasteiger partial charge is 0.277 e. The summed E-state index contributed by atoms with van der Waals surface area (Å²) in [6.45, 7) is 0.228. The van der Waals surface area contributed by atoms with Crippen molar-refractivity contribution in [3.8, 4) is 11.3 Å². The average molecular weight is 393 g/mol. The van der Waals surface area contributed by atoms with Gasteiger partial charge in [-0.3, -0.25) is 9.59 Å². The van der Waals surface area contributed by atoms with Gasteiger partial charge < -0.3 is 9.88 Å². The summed E-state index contributed by atoms with van der Waals surface area (Å²) in [5.41, 5.74) is 2.60. The van der Waals surface area contributed by atoms with E-state index in [1.54, 1.807) is 24.5 Å². The summed E-state index contributed by atoms with van der Waals surface area (Å²) < 4.78 is 2.90. The highest BCUT2D eigenvalue weighted by Gasteiger charge is 2.11. The van der Waals surface area contributed by atoms with Gasteiger partial charge >= 0.3 is 0 Å². The standard InChI is InChI=1S/C21H17ClN4O2/c22-17-9-5-4-8-16(17)13-23-20(27)14-25-10-11-26-19(21(25)28)12-18(24-26)15-6-2-1-3-7-15/h1-12H,13-14H2,(H,23,27). The summed E-state index contributed by atoms with van der Waals surface area (Å²) in [5, 5.41) is 7.82. The second-order valence-corrected chi connectivity index (χ2v) is 6.73. The molecule has 4 rings (SSSR count). The maximum absolute atomic E-state index is 12.7. The van der Waals surface area contributed by atoms with Gasteiger partial charge in [0.2, 0.25) is 5.91 Å². The molecule has 0 bridgehead atoms. The number of nitrogens with zero attached hydrogens (tertiary/aromatic N) is 3. The van der Waals surface area contributed by atoms with Crippen LogP contribution in [-0.2, 0) is 17.9 Å². The Balaban J connectivity index is 1.52. The maximum atomic E-state index is 12.7.